The van der Waals surface area contributed by atoms with Gasteiger partial charge in [-0.3, -0.25) is 4.79 Å². The first-order chi connectivity index (χ1) is 13.0. The van der Waals surface area contributed by atoms with E-state index in [9.17, 15) is 18.0 Å². The van der Waals surface area contributed by atoms with Gasteiger partial charge in [0.2, 0.25) is 10.0 Å². The van der Waals surface area contributed by atoms with Crippen molar-refractivity contribution in [2.75, 3.05) is 26.0 Å². The molecule has 0 unspecified atom stereocenters. The molecule has 0 saturated heterocycles. The molecular weight excluding hydrogens is 427 g/mol. The highest BCUT2D eigenvalue weighted by Crippen LogP contribution is 2.24. The van der Waals surface area contributed by atoms with Gasteiger partial charge in [0, 0.05) is 14.1 Å². The summed E-state index contributed by atoms with van der Waals surface area (Å²) in [7, 11) is -1.03. The maximum absolute atomic E-state index is 12.3. The Kier molecular flexibility index (Phi) is 7.06. The fraction of sp³-hybridized carbons (Fsp3) is 0.222. The summed E-state index contributed by atoms with van der Waals surface area (Å²) in [5.74, 6) is -1.53. The normalized spacial score (nSPS) is 11.4. The molecular formula is C18H18Cl2N2O5S. The number of amides is 1. The molecule has 0 bridgehead atoms. The van der Waals surface area contributed by atoms with E-state index < -0.39 is 28.5 Å². The maximum atomic E-state index is 12.3. The highest BCUT2D eigenvalue weighted by molar-refractivity contribution is 7.89. The molecule has 28 heavy (non-hydrogen) atoms. The van der Waals surface area contributed by atoms with Crippen LogP contribution in [0, 0.1) is 6.92 Å². The van der Waals surface area contributed by atoms with Gasteiger partial charge in [0.1, 0.15) is 0 Å². The smallest absolute Gasteiger partial charge is 0.340 e. The first-order valence-corrected chi connectivity index (χ1v) is 10.2. The van der Waals surface area contributed by atoms with Crippen molar-refractivity contribution in [1.29, 1.82) is 0 Å². The third-order valence-corrected chi connectivity index (χ3v) is 6.12. The Morgan fingerprint density at radius 2 is 1.75 bits per heavy atom. The van der Waals surface area contributed by atoms with Gasteiger partial charge in [-0.2, -0.15) is 0 Å². The summed E-state index contributed by atoms with van der Waals surface area (Å²) >= 11 is 12.0. The van der Waals surface area contributed by atoms with E-state index in [1.807, 2.05) is 6.92 Å². The van der Waals surface area contributed by atoms with Crippen molar-refractivity contribution >= 4 is 50.8 Å². The summed E-state index contributed by atoms with van der Waals surface area (Å²) in [6.45, 7) is 1.26. The predicted octanol–water partition coefficient (Wildman–Crippen LogP) is 3.35. The molecule has 1 N–H and O–H groups in total. The number of anilines is 1. The molecule has 7 nitrogen and oxygen atoms in total. The summed E-state index contributed by atoms with van der Waals surface area (Å²) in [6.07, 6.45) is 0. The van der Waals surface area contributed by atoms with Gasteiger partial charge in [0.05, 0.1) is 26.2 Å². The number of halogens is 2. The van der Waals surface area contributed by atoms with E-state index in [0.29, 0.717) is 10.7 Å². The van der Waals surface area contributed by atoms with Crippen molar-refractivity contribution in [2.24, 2.45) is 0 Å². The third-order valence-electron chi connectivity index (χ3n) is 3.67. The lowest BCUT2D eigenvalue weighted by atomic mass is 10.2. The zero-order chi connectivity index (χ0) is 21.1. The number of carbonyl (C=O) groups excluding carboxylic acids is 2. The van der Waals surface area contributed by atoms with Gasteiger partial charge < -0.3 is 10.1 Å². The number of esters is 1. The van der Waals surface area contributed by atoms with Crippen LogP contribution in [0.4, 0.5) is 5.69 Å². The zero-order valence-corrected chi connectivity index (χ0v) is 17.7. The number of hydrogen-bond acceptors (Lipinski definition) is 5. The molecule has 150 valence electrons. The quantitative estimate of drug-likeness (QED) is 0.689. The van der Waals surface area contributed by atoms with Gasteiger partial charge in [-0.25, -0.2) is 17.5 Å². The predicted molar refractivity (Wildman–Crippen MR) is 107 cm³/mol. The van der Waals surface area contributed by atoms with Crippen LogP contribution in [-0.2, 0) is 19.6 Å². The number of benzene rings is 2. The lowest BCUT2D eigenvalue weighted by Crippen LogP contribution is -2.23. The SMILES string of the molecule is Cc1ccc(NC(=O)COC(=O)c2cc(S(=O)(=O)N(C)C)ccc2Cl)c(Cl)c1. The number of nitrogens with zero attached hydrogens (tertiary/aromatic N) is 1. The summed E-state index contributed by atoms with van der Waals surface area (Å²) in [4.78, 5) is 24.1. The van der Waals surface area contributed by atoms with Gasteiger partial charge in [0.25, 0.3) is 5.91 Å². The largest absolute Gasteiger partial charge is 0.452 e. The van der Waals surface area contributed by atoms with E-state index >= 15 is 0 Å². The fourth-order valence-corrected chi connectivity index (χ4v) is 3.55. The second-order valence-corrected chi connectivity index (χ2v) is 9.00. The Labute approximate surface area is 173 Å². The Bertz CT molecular complexity index is 1020. The first-order valence-electron chi connectivity index (χ1n) is 7.97. The van der Waals surface area contributed by atoms with E-state index in [0.717, 1.165) is 15.9 Å². The van der Waals surface area contributed by atoms with Crippen molar-refractivity contribution in [3.05, 3.63) is 57.6 Å². The molecule has 0 spiro atoms. The van der Waals surface area contributed by atoms with Crippen LogP contribution >= 0.6 is 23.2 Å². The van der Waals surface area contributed by atoms with E-state index in [4.69, 9.17) is 27.9 Å². The molecule has 10 heteroatoms. The van der Waals surface area contributed by atoms with Crippen LogP contribution in [-0.4, -0.2) is 45.3 Å². The summed E-state index contributed by atoms with van der Waals surface area (Å²) in [5.41, 5.74) is 1.15. The van der Waals surface area contributed by atoms with Crippen molar-refractivity contribution < 1.29 is 22.7 Å². The summed E-state index contributed by atoms with van der Waals surface area (Å²) < 4.78 is 30.3. The molecule has 0 aliphatic carbocycles. The number of aryl methyl sites for hydroxylation is 1. The van der Waals surface area contributed by atoms with Gasteiger partial charge in [-0.05, 0) is 42.8 Å². The fourth-order valence-electron chi connectivity index (χ4n) is 2.15. The first kappa shape index (κ1) is 22.2. The lowest BCUT2D eigenvalue weighted by Gasteiger charge is -2.13. The van der Waals surface area contributed by atoms with Gasteiger partial charge in [-0.15, -0.1) is 0 Å². The average molecular weight is 445 g/mol. The van der Waals surface area contributed by atoms with Gasteiger partial charge in [0.15, 0.2) is 6.61 Å². The topological polar surface area (TPSA) is 92.8 Å². The summed E-state index contributed by atoms with van der Waals surface area (Å²) in [6, 6.07) is 8.74. The second kappa shape index (κ2) is 8.91. The average Bonchev–Trinajstić information content (AvgIpc) is 2.62. The standard InChI is InChI=1S/C18H18Cl2N2O5S/c1-11-4-7-16(15(20)8-11)21-17(23)10-27-18(24)13-9-12(5-6-14(13)19)28(25,26)22(2)3/h4-9H,10H2,1-3H3,(H,21,23). The molecule has 0 aliphatic rings. The molecule has 0 heterocycles. The monoisotopic (exact) mass is 444 g/mol. The molecule has 0 aromatic heterocycles. The number of rotatable bonds is 6. The van der Waals surface area contributed by atoms with Crippen LogP contribution in [0.15, 0.2) is 41.3 Å². The Morgan fingerprint density at radius 3 is 2.36 bits per heavy atom. The Balaban J connectivity index is 2.09. The van der Waals surface area contributed by atoms with Crippen molar-refractivity contribution in [1.82, 2.24) is 4.31 Å². The second-order valence-electron chi connectivity index (χ2n) is 6.04. The highest BCUT2D eigenvalue weighted by atomic mass is 35.5. The van der Waals surface area contributed by atoms with E-state index in [1.54, 1.807) is 18.2 Å². The lowest BCUT2D eigenvalue weighted by molar-refractivity contribution is -0.119. The van der Waals surface area contributed by atoms with Crippen molar-refractivity contribution in [3.63, 3.8) is 0 Å². The molecule has 0 aliphatic heterocycles. The van der Waals surface area contributed by atoms with Crippen LogP contribution < -0.4 is 5.32 Å². The molecule has 0 atom stereocenters. The van der Waals surface area contributed by atoms with Crippen LogP contribution in [0.2, 0.25) is 10.0 Å². The summed E-state index contributed by atoms with van der Waals surface area (Å²) in [5, 5.41) is 2.88. The van der Waals surface area contributed by atoms with Crippen LogP contribution in [0.25, 0.3) is 0 Å². The minimum atomic E-state index is -3.76. The number of hydrogen-bond donors (Lipinski definition) is 1. The molecule has 2 rings (SSSR count). The number of sulfonamides is 1. The number of nitrogens with one attached hydrogen (secondary N) is 1. The third kappa shape index (κ3) is 5.23. The Morgan fingerprint density at radius 1 is 1.07 bits per heavy atom. The van der Waals surface area contributed by atoms with Crippen molar-refractivity contribution in [2.45, 2.75) is 11.8 Å². The molecule has 2 aromatic carbocycles. The van der Waals surface area contributed by atoms with Crippen LogP contribution in [0.3, 0.4) is 0 Å². The van der Waals surface area contributed by atoms with E-state index in [-0.39, 0.29) is 15.5 Å². The number of carbonyl (C=O) groups is 2. The molecule has 1 amide bonds. The van der Waals surface area contributed by atoms with Crippen LogP contribution in [0.5, 0.6) is 0 Å². The Hall–Kier alpha value is -2.13. The molecule has 2 aromatic rings. The minimum Gasteiger partial charge on any atom is -0.452 e. The van der Waals surface area contributed by atoms with Gasteiger partial charge >= 0.3 is 5.97 Å². The van der Waals surface area contributed by atoms with Crippen LogP contribution in [0.1, 0.15) is 15.9 Å². The zero-order valence-electron chi connectivity index (χ0n) is 15.3. The number of ether oxygens (including phenoxy) is 1. The molecule has 0 fully saturated rings. The van der Waals surface area contributed by atoms with Crippen molar-refractivity contribution in [3.8, 4) is 0 Å². The van der Waals surface area contributed by atoms with Gasteiger partial charge in [-0.1, -0.05) is 29.3 Å². The highest BCUT2D eigenvalue weighted by Gasteiger charge is 2.22. The maximum Gasteiger partial charge on any atom is 0.340 e. The van der Waals surface area contributed by atoms with E-state index in [1.165, 1.54) is 26.2 Å². The molecule has 0 saturated carbocycles. The minimum absolute atomic E-state index is 0.00435. The molecule has 0 radical (unpaired) electrons. The van der Waals surface area contributed by atoms with E-state index in [2.05, 4.69) is 5.32 Å².